The highest BCUT2D eigenvalue weighted by Gasteiger charge is 2.55. The molecule has 16 unspecified atom stereocenters. The van der Waals surface area contributed by atoms with E-state index in [1.165, 1.54) is 20.8 Å². The Morgan fingerprint density at radius 1 is 0.279 bits per heavy atom. The second-order valence-electron chi connectivity index (χ2n) is 34.3. The van der Waals surface area contributed by atoms with Crippen molar-refractivity contribution >= 4 is 109 Å². The van der Waals surface area contributed by atoms with E-state index in [-0.39, 0.29) is 203 Å². The molecule has 0 bridgehead atoms. The summed E-state index contributed by atoms with van der Waals surface area (Å²) >= 11 is 0. The number of phosphoric ester groups is 1. The first-order chi connectivity index (χ1) is 70.1. The molecule has 16 atom stereocenters. The molecule has 0 saturated carbocycles. The summed E-state index contributed by atoms with van der Waals surface area (Å²) in [6, 6.07) is -3.57. The Labute approximate surface area is 855 Å². The van der Waals surface area contributed by atoms with Crippen LogP contribution in [0.2, 0.25) is 0 Å². The van der Waals surface area contributed by atoms with Crippen molar-refractivity contribution in [3.8, 4) is 0 Å². The van der Waals surface area contributed by atoms with Crippen LogP contribution in [0.4, 0.5) is 0 Å². The monoisotopic (exact) mass is 2140 g/mol. The molecule has 9 N–H and O–H groups in total. The topological polar surface area (TPSA) is 678 Å². The van der Waals surface area contributed by atoms with Crippen molar-refractivity contribution in [1.82, 2.24) is 42.5 Å². The second kappa shape index (κ2) is 77.8. The van der Waals surface area contributed by atoms with Crippen LogP contribution in [0.3, 0.4) is 0 Å². The third kappa shape index (κ3) is 64.0. The van der Waals surface area contributed by atoms with Crippen LogP contribution in [0.25, 0.3) is 0 Å². The number of rotatable bonds is 82. The van der Waals surface area contributed by atoms with Crippen molar-refractivity contribution in [1.29, 1.82) is 0 Å². The van der Waals surface area contributed by atoms with E-state index < -0.39 is 220 Å². The minimum atomic E-state index is -4.70. The predicted octanol–water partition coefficient (Wildman–Crippen LogP) is -0.637. The van der Waals surface area contributed by atoms with Crippen molar-refractivity contribution < 1.29 is 214 Å². The molecule has 0 aromatic rings. The number of amides is 8. The van der Waals surface area contributed by atoms with E-state index >= 15 is 0 Å². The normalized spacial score (nSPS) is 21.3. The molecule has 0 aromatic carbocycles. The van der Waals surface area contributed by atoms with Gasteiger partial charge >= 0.3 is 53.7 Å². The minimum absolute atomic E-state index is 0.00767. The molecule has 3 aliphatic rings. The summed E-state index contributed by atoms with van der Waals surface area (Å²) in [5.74, 6) is -10.3. The Morgan fingerprint density at radius 2 is 0.531 bits per heavy atom. The van der Waals surface area contributed by atoms with Gasteiger partial charge in [-0.15, -0.1) is 0 Å². The Morgan fingerprint density at radius 3 is 0.816 bits per heavy atom. The highest BCUT2D eigenvalue weighted by Crippen LogP contribution is 2.33. The maximum absolute atomic E-state index is 14.2. The molecule has 53 nitrogen and oxygen atoms in total. The van der Waals surface area contributed by atoms with Crippen molar-refractivity contribution in [3.63, 3.8) is 0 Å². The Bertz CT molecular complexity index is 3650. The first kappa shape index (κ1) is 132. The number of nitrogens with one attached hydrogen (secondary N) is 8. The quantitative estimate of drug-likeness (QED) is 0.0158. The highest BCUT2D eigenvalue weighted by atomic mass is 31.2. The van der Waals surface area contributed by atoms with E-state index in [9.17, 15) is 91.0 Å². The van der Waals surface area contributed by atoms with E-state index in [0.717, 1.165) is 120 Å². The first-order valence-corrected chi connectivity index (χ1v) is 50.9. The van der Waals surface area contributed by atoms with E-state index in [2.05, 4.69) is 47.1 Å². The number of esters is 9. The van der Waals surface area contributed by atoms with Gasteiger partial charge in [0.05, 0.1) is 145 Å². The van der Waals surface area contributed by atoms with Crippen LogP contribution in [0, 0.1) is 0 Å². The molecule has 3 saturated heterocycles. The summed E-state index contributed by atoms with van der Waals surface area (Å²) in [7, 11) is -4.70. The Balaban J connectivity index is 1.70. The molecular weight excluding hydrogens is 1980 g/mol. The van der Waals surface area contributed by atoms with Gasteiger partial charge in [-0.2, -0.15) is 0 Å². The Kier molecular flexibility index (Phi) is 69.7. The van der Waals surface area contributed by atoms with Gasteiger partial charge in [-0.1, -0.05) is 64.2 Å². The van der Waals surface area contributed by atoms with E-state index in [4.69, 9.17) is 119 Å². The summed E-state index contributed by atoms with van der Waals surface area (Å²) in [6.45, 7) is 11.6. The van der Waals surface area contributed by atoms with Crippen molar-refractivity contribution in [2.45, 2.75) is 303 Å². The van der Waals surface area contributed by atoms with Gasteiger partial charge in [0.25, 0.3) is 7.82 Å². The van der Waals surface area contributed by atoms with Crippen LogP contribution in [-0.2, 0) is 204 Å². The van der Waals surface area contributed by atoms with Gasteiger partial charge in [0.1, 0.15) is 61.8 Å². The predicted molar refractivity (Wildman–Crippen MR) is 504 cm³/mol. The molecular formula is C93H156N8O45P-. The molecule has 54 heteroatoms. The lowest BCUT2D eigenvalue weighted by Gasteiger charge is -2.44. The number of unbranched alkanes of at least 4 members (excludes halogenated alkanes) is 12. The number of ether oxygens (including phenoxy) is 24. The fourth-order valence-corrected chi connectivity index (χ4v) is 15.3. The summed E-state index contributed by atoms with van der Waals surface area (Å²) in [5, 5.41) is 22.1. The minimum Gasteiger partial charge on any atom is -0.756 e. The zero-order chi connectivity index (χ0) is 109. The fourth-order valence-electron chi connectivity index (χ4n) is 14.9. The molecule has 0 spiro atoms. The van der Waals surface area contributed by atoms with E-state index in [1.807, 2.05) is 0 Å². The zero-order valence-corrected chi connectivity index (χ0v) is 87.4. The summed E-state index contributed by atoms with van der Waals surface area (Å²) in [6.07, 6.45) is -4.26. The van der Waals surface area contributed by atoms with Crippen LogP contribution in [-0.4, -0.2) is 395 Å². The van der Waals surface area contributed by atoms with Gasteiger partial charge in [0.2, 0.25) is 47.3 Å². The molecule has 0 radical (unpaired) electrons. The third-order valence-corrected chi connectivity index (χ3v) is 21.7. The number of carbonyl (C=O) groups is 17. The fraction of sp³-hybridized carbons (Fsp3) is 0.817. The van der Waals surface area contributed by atoms with Crippen molar-refractivity contribution in [3.05, 3.63) is 0 Å². The van der Waals surface area contributed by atoms with E-state index in [0.29, 0.717) is 38.6 Å². The summed E-state index contributed by atoms with van der Waals surface area (Å²) < 4.78 is 152. The maximum atomic E-state index is 14.2. The average Bonchev–Trinajstić information content (AvgIpc) is 0.792. The van der Waals surface area contributed by atoms with Gasteiger partial charge in [-0.3, -0.25) is 86.1 Å². The molecule has 3 fully saturated rings. The third-order valence-electron chi connectivity index (χ3n) is 21.2. The molecule has 844 valence electrons. The van der Waals surface area contributed by atoms with Gasteiger partial charge < -0.3 is 171 Å². The van der Waals surface area contributed by atoms with Gasteiger partial charge in [-0.25, -0.2) is 0 Å². The van der Waals surface area contributed by atoms with E-state index in [1.54, 1.807) is 0 Å². The molecule has 0 aromatic heterocycles. The van der Waals surface area contributed by atoms with Crippen LogP contribution in [0.15, 0.2) is 0 Å². The van der Waals surface area contributed by atoms with Crippen LogP contribution in [0.1, 0.15) is 205 Å². The lowest BCUT2D eigenvalue weighted by molar-refractivity contribution is -0.279. The smallest absolute Gasteiger partial charge is 0.303 e. The number of carbonyl (C=O) groups excluding carboxylic acids is 17. The Hall–Kier alpha value is -9.50. The molecule has 0 aliphatic carbocycles. The number of phosphoric acid groups is 1. The van der Waals surface area contributed by atoms with Gasteiger partial charge in [0.15, 0.2) is 55.5 Å². The number of hydrogen-bond acceptors (Lipinski definition) is 44. The molecule has 8 amide bonds. The number of hydrogen-bond donors (Lipinski definition) is 9. The highest BCUT2D eigenvalue weighted by molar-refractivity contribution is 7.44. The standard InChI is InChI=1S/C93H157N8O45P/c1-61(102)98-81-87(141-70(10)111)84(138-67(7)108)73(55-134-64(4)105)144-90(81)131-52-49-125-46-43-122-40-33-95-77(115)29-37-128-58-93(101-80(118)28-24-20-19-23-27-76(114)94-32-25-21-17-15-13-14-16-18-22-26-36-137-147(119,120)121,59-129-38-30-78(116)96-34-41-123-44-47-126-50-53-132-91-82(99-62(2)103)88(142-71(11)112)85(139-68(8)109)74(145-91)56-135-65(5)106)60-130-39-31-79(117)97-35-42-124-45-48-127-51-54-133-92-83(100-63(3)104)89(143-72(12)113)86(140-69(9)110)75(146-92)57-136-66(6)107/h73-75,81-92H,13-60H2,1-12H3,(H,94,114)(H,95,115)(H,96,116)(H,97,117)(H,98,102)(H,99,103)(H,100,104)(H,101,118)(H2,119,120,121)/p-1. The molecule has 147 heavy (non-hydrogen) atoms. The zero-order valence-electron chi connectivity index (χ0n) is 86.5. The van der Waals surface area contributed by atoms with Crippen LogP contribution < -0.4 is 47.4 Å². The summed E-state index contributed by atoms with van der Waals surface area (Å²) in [4.78, 5) is 232. The molecule has 3 heterocycles. The lowest BCUT2D eigenvalue weighted by atomic mass is 9.96. The average molecular weight is 2140 g/mol. The molecule has 3 rings (SSSR count). The first-order valence-electron chi connectivity index (χ1n) is 49.4. The van der Waals surface area contributed by atoms with Crippen molar-refractivity contribution in [2.75, 3.05) is 191 Å². The summed E-state index contributed by atoms with van der Waals surface area (Å²) in [5.41, 5.74) is -1.52. The van der Waals surface area contributed by atoms with Crippen molar-refractivity contribution in [2.24, 2.45) is 0 Å². The van der Waals surface area contributed by atoms with Crippen LogP contribution in [0.5, 0.6) is 0 Å². The SMILES string of the molecule is CC(=O)NC1C(OCCOCCOCCNC(=O)CCOCC(COCCC(=O)NCCOCCOCCOC2OC(COC(C)=O)C(OC(C)=O)C(OC(C)=O)C2NC(C)=O)(COCCC(=O)NCCOCCOCCOC2OC(COC(C)=O)C(OC(C)=O)C(OC(C)=O)C2NC(C)=O)NC(=O)CCCCCCC(=O)NCCCCCCCCCCCCOP(=O)([O-])O)OC(COC(C)=O)C(OC(C)=O)C1OC(C)=O. The van der Waals surface area contributed by atoms with Gasteiger partial charge in [0, 0.05) is 141 Å². The van der Waals surface area contributed by atoms with Gasteiger partial charge in [-0.05, 0) is 25.7 Å². The lowest BCUT2D eigenvalue weighted by Crippen LogP contribution is -2.66. The second-order valence-corrected chi connectivity index (χ2v) is 35.5. The maximum Gasteiger partial charge on any atom is 0.303 e. The van der Waals surface area contributed by atoms with Crippen LogP contribution >= 0.6 is 7.82 Å². The largest absolute Gasteiger partial charge is 0.756 e. The molecule has 3 aliphatic heterocycles.